The van der Waals surface area contributed by atoms with E-state index < -0.39 is 0 Å². The molecule has 0 fully saturated rings. The largest absolute Gasteiger partial charge is 0.314 e. The molecule has 2 aromatic rings. The number of fused-ring (bicyclic) bond motifs is 1. The fourth-order valence-electron chi connectivity index (χ4n) is 3.31. The van der Waals surface area contributed by atoms with Crippen molar-refractivity contribution in [3.63, 3.8) is 0 Å². The van der Waals surface area contributed by atoms with E-state index in [-0.39, 0.29) is 12.1 Å². The Labute approximate surface area is 152 Å². The van der Waals surface area contributed by atoms with Gasteiger partial charge in [-0.05, 0) is 36.9 Å². The molecule has 1 heterocycles. The second-order valence-corrected chi connectivity index (χ2v) is 6.68. The molecule has 1 amide bonds. The van der Waals surface area contributed by atoms with Crippen molar-refractivity contribution in [1.82, 2.24) is 9.80 Å². The van der Waals surface area contributed by atoms with Gasteiger partial charge in [-0.1, -0.05) is 61.3 Å². The lowest BCUT2D eigenvalue weighted by Crippen LogP contribution is -2.39. The van der Waals surface area contributed by atoms with E-state index in [1.807, 2.05) is 41.3 Å². The van der Waals surface area contributed by atoms with E-state index in [0.717, 1.165) is 29.8 Å². The summed E-state index contributed by atoms with van der Waals surface area (Å²) in [5.74, 6) is 0.0635. The van der Waals surface area contributed by atoms with E-state index in [2.05, 4.69) is 18.7 Å². The van der Waals surface area contributed by atoms with Gasteiger partial charge in [-0.3, -0.25) is 9.69 Å². The van der Waals surface area contributed by atoms with Gasteiger partial charge in [0.1, 0.15) is 6.17 Å². The molecule has 5 heteroatoms. The summed E-state index contributed by atoms with van der Waals surface area (Å²) in [6, 6.07) is 13.4. The summed E-state index contributed by atoms with van der Waals surface area (Å²) in [5.41, 5.74) is 2.84. The van der Waals surface area contributed by atoms with Crippen LogP contribution in [0.2, 0.25) is 10.0 Å². The van der Waals surface area contributed by atoms with E-state index in [1.165, 1.54) is 0 Å². The summed E-state index contributed by atoms with van der Waals surface area (Å²) in [7, 11) is 0. The second kappa shape index (κ2) is 7.14. The zero-order chi connectivity index (χ0) is 17.3. The number of benzene rings is 2. The quantitative estimate of drug-likeness (QED) is 0.747. The maximum absolute atomic E-state index is 12.9. The summed E-state index contributed by atoms with van der Waals surface area (Å²) in [5, 5.41) is 1.04. The highest BCUT2D eigenvalue weighted by Gasteiger charge is 2.38. The van der Waals surface area contributed by atoms with Gasteiger partial charge in [-0.25, -0.2) is 0 Å². The number of amides is 1. The van der Waals surface area contributed by atoms with Crippen molar-refractivity contribution in [3.8, 4) is 0 Å². The highest BCUT2D eigenvalue weighted by molar-refractivity contribution is 6.42. The first-order chi connectivity index (χ1) is 11.6. The molecule has 0 saturated heterocycles. The summed E-state index contributed by atoms with van der Waals surface area (Å²) in [6.45, 7) is 6.49. The Morgan fingerprint density at radius 3 is 2.42 bits per heavy atom. The Morgan fingerprint density at radius 1 is 1.04 bits per heavy atom. The van der Waals surface area contributed by atoms with Gasteiger partial charge in [-0.2, -0.15) is 0 Å². The molecular weight excluding hydrogens is 343 g/mol. The molecule has 1 unspecified atom stereocenters. The van der Waals surface area contributed by atoms with Crippen LogP contribution in [-0.4, -0.2) is 28.8 Å². The molecule has 1 aliphatic rings. The summed E-state index contributed by atoms with van der Waals surface area (Å²) in [4.78, 5) is 17.1. The lowest BCUT2D eigenvalue weighted by molar-refractivity contribution is 0.0398. The standard InChI is InChI=1S/C19H20Cl2N2O/c1-3-22(4-2)18-14-7-5-6-8-15(14)19(24)23(18)12-13-9-10-16(20)17(21)11-13/h5-11,18H,3-4,12H2,1-2H3. The summed E-state index contributed by atoms with van der Waals surface area (Å²) in [6.07, 6.45) is -0.0434. The topological polar surface area (TPSA) is 23.6 Å². The maximum Gasteiger partial charge on any atom is 0.256 e. The summed E-state index contributed by atoms with van der Waals surface area (Å²) >= 11 is 12.1. The minimum atomic E-state index is -0.0434. The van der Waals surface area contributed by atoms with E-state index >= 15 is 0 Å². The Hall–Kier alpha value is -1.55. The number of halogens is 2. The molecule has 0 N–H and O–H groups in total. The number of rotatable bonds is 5. The molecule has 1 aliphatic heterocycles. The molecule has 0 bridgehead atoms. The van der Waals surface area contributed by atoms with E-state index in [0.29, 0.717) is 16.6 Å². The summed E-state index contributed by atoms with van der Waals surface area (Å²) < 4.78 is 0. The van der Waals surface area contributed by atoms with Gasteiger partial charge < -0.3 is 4.90 Å². The number of carbonyl (C=O) groups excluding carboxylic acids is 1. The Morgan fingerprint density at radius 2 is 1.75 bits per heavy atom. The minimum absolute atomic E-state index is 0.0434. The van der Waals surface area contributed by atoms with Crippen LogP contribution in [0.15, 0.2) is 42.5 Å². The van der Waals surface area contributed by atoms with Gasteiger partial charge in [0.2, 0.25) is 0 Å². The van der Waals surface area contributed by atoms with Gasteiger partial charge in [0.05, 0.1) is 10.0 Å². The van der Waals surface area contributed by atoms with E-state index in [1.54, 1.807) is 6.07 Å². The average molecular weight is 363 g/mol. The molecule has 126 valence electrons. The van der Waals surface area contributed by atoms with Gasteiger partial charge in [0.25, 0.3) is 5.91 Å². The van der Waals surface area contributed by atoms with Gasteiger partial charge in [0.15, 0.2) is 0 Å². The lowest BCUT2D eigenvalue weighted by atomic mass is 10.1. The number of nitrogens with zero attached hydrogens (tertiary/aromatic N) is 2. The van der Waals surface area contributed by atoms with Crippen LogP contribution in [-0.2, 0) is 6.54 Å². The molecule has 0 spiro atoms. The highest BCUT2D eigenvalue weighted by atomic mass is 35.5. The van der Waals surface area contributed by atoms with Crippen LogP contribution in [0.5, 0.6) is 0 Å². The molecule has 24 heavy (non-hydrogen) atoms. The molecule has 0 aliphatic carbocycles. The van der Waals surface area contributed by atoms with Crippen molar-refractivity contribution in [2.45, 2.75) is 26.6 Å². The van der Waals surface area contributed by atoms with Crippen LogP contribution in [0.1, 0.15) is 41.5 Å². The predicted molar refractivity (Wildman–Crippen MR) is 98.4 cm³/mol. The number of carbonyl (C=O) groups is 1. The van der Waals surface area contributed by atoms with Crippen molar-refractivity contribution in [2.24, 2.45) is 0 Å². The van der Waals surface area contributed by atoms with Crippen LogP contribution in [0, 0.1) is 0 Å². The number of hydrogen-bond donors (Lipinski definition) is 0. The molecule has 0 saturated carbocycles. The highest BCUT2D eigenvalue weighted by Crippen LogP contribution is 2.37. The molecule has 3 rings (SSSR count). The van der Waals surface area contributed by atoms with Crippen molar-refractivity contribution in [3.05, 3.63) is 69.2 Å². The van der Waals surface area contributed by atoms with Gasteiger partial charge >= 0.3 is 0 Å². The molecule has 3 nitrogen and oxygen atoms in total. The first-order valence-electron chi connectivity index (χ1n) is 8.14. The van der Waals surface area contributed by atoms with Crippen LogP contribution in [0.3, 0.4) is 0 Å². The molecule has 0 radical (unpaired) electrons. The Kier molecular flexibility index (Phi) is 5.14. The van der Waals surface area contributed by atoms with Crippen LogP contribution < -0.4 is 0 Å². The molecule has 1 atom stereocenters. The lowest BCUT2D eigenvalue weighted by Gasteiger charge is -2.34. The van der Waals surface area contributed by atoms with E-state index in [4.69, 9.17) is 23.2 Å². The smallest absolute Gasteiger partial charge is 0.256 e. The van der Waals surface area contributed by atoms with Crippen molar-refractivity contribution < 1.29 is 4.79 Å². The minimum Gasteiger partial charge on any atom is -0.314 e. The second-order valence-electron chi connectivity index (χ2n) is 5.86. The fraction of sp³-hybridized carbons (Fsp3) is 0.316. The maximum atomic E-state index is 12.9. The first kappa shape index (κ1) is 17.3. The van der Waals surface area contributed by atoms with Gasteiger partial charge in [-0.15, -0.1) is 0 Å². The third-order valence-corrected chi connectivity index (χ3v) is 5.26. The third-order valence-electron chi connectivity index (χ3n) is 4.52. The van der Waals surface area contributed by atoms with Crippen LogP contribution in [0.25, 0.3) is 0 Å². The van der Waals surface area contributed by atoms with Crippen LogP contribution in [0.4, 0.5) is 0 Å². The Balaban J connectivity index is 1.98. The van der Waals surface area contributed by atoms with Gasteiger partial charge in [0, 0.05) is 17.7 Å². The normalized spacial score (nSPS) is 16.8. The average Bonchev–Trinajstić information content (AvgIpc) is 2.86. The monoisotopic (exact) mass is 362 g/mol. The zero-order valence-electron chi connectivity index (χ0n) is 13.8. The van der Waals surface area contributed by atoms with Crippen molar-refractivity contribution >= 4 is 29.1 Å². The third kappa shape index (κ3) is 3.04. The molecular formula is C19H20Cl2N2O. The zero-order valence-corrected chi connectivity index (χ0v) is 15.3. The van der Waals surface area contributed by atoms with Crippen LogP contribution >= 0.6 is 23.2 Å². The van der Waals surface area contributed by atoms with Crippen molar-refractivity contribution in [1.29, 1.82) is 0 Å². The molecule has 2 aromatic carbocycles. The number of hydrogen-bond acceptors (Lipinski definition) is 2. The van der Waals surface area contributed by atoms with E-state index in [9.17, 15) is 4.79 Å². The first-order valence-corrected chi connectivity index (χ1v) is 8.90. The molecule has 0 aromatic heterocycles. The van der Waals surface area contributed by atoms with Crippen molar-refractivity contribution in [2.75, 3.05) is 13.1 Å². The Bertz CT molecular complexity index is 759. The fourth-order valence-corrected chi connectivity index (χ4v) is 3.63. The predicted octanol–water partition coefficient (Wildman–Crippen LogP) is 4.99. The SMILES string of the molecule is CCN(CC)C1c2ccccc2C(=O)N1Cc1ccc(Cl)c(Cl)c1.